The molecule has 7 heteroatoms. The molecule has 3 atom stereocenters. The van der Waals surface area contributed by atoms with Crippen molar-refractivity contribution in [1.29, 1.82) is 0 Å². The van der Waals surface area contributed by atoms with Gasteiger partial charge in [0.2, 0.25) is 0 Å². The van der Waals surface area contributed by atoms with Gasteiger partial charge in [-0.05, 0) is 37.4 Å². The highest BCUT2D eigenvalue weighted by molar-refractivity contribution is 7.22. The third-order valence-corrected chi connectivity index (χ3v) is 6.90. The van der Waals surface area contributed by atoms with Gasteiger partial charge in [-0.2, -0.15) is 0 Å². The normalized spacial score (nSPS) is 28.5. The van der Waals surface area contributed by atoms with E-state index in [0.29, 0.717) is 5.69 Å². The third-order valence-electron chi connectivity index (χ3n) is 5.75. The van der Waals surface area contributed by atoms with E-state index in [9.17, 15) is 4.79 Å². The minimum Gasteiger partial charge on any atom is -0.378 e. The number of anilines is 1. The molecule has 1 amide bonds. The minimum absolute atomic E-state index is 0.0410. The number of amides is 1. The fraction of sp³-hybridized carbons (Fsp3) is 0.579. The van der Waals surface area contributed by atoms with Crippen molar-refractivity contribution in [2.75, 3.05) is 50.8 Å². The van der Waals surface area contributed by atoms with Crippen molar-refractivity contribution in [1.82, 2.24) is 15.2 Å². The largest absolute Gasteiger partial charge is 0.378 e. The van der Waals surface area contributed by atoms with Gasteiger partial charge in [0.05, 0.1) is 18.2 Å². The number of pyridine rings is 1. The zero-order valence-electron chi connectivity index (χ0n) is 14.8. The molecule has 1 N–H and O–H groups in total. The number of piperidine rings is 1. The first kappa shape index (κ1) is 16.5. The predicted molar refractivity (Wildman–Crippen MR) is 103 cm³/mol. The second kappa shape index (κ2) is 6.79. The first-order valence-electron chi connectivity index (χ1n) is 9.50. The van der Waals surface area contributed by atoms with Crippen molar-refractivity contribution < 1.29 is 9.53 Å². The van der Waals surface area contributed by atoms with E-state index in [1.54, 1.807) is 11.3 Å². The predicted octanol–water partition coefficient (Wildman–Crippen LogP) is 1.96. The molecular weight excluding hydrogens is 348 g/mol. The maximum atomic E-state index is 12.7. The molecule has 2 aromatic heterocycles. The number of nitrogens with one attached hydrogen (secondary N) is 1. The number of morpholine rings is 1. The van der Waals surface area contributed by atoms with Gasteiger partial charge in [0.25, 0.3) is 5.91 Å². The molecule has 3 aliphatic rings. The van der Waals surface area contributed by atoms with Crippen molar-refractivity contribution in [2.45, 2.75) is 18.9 Å². The Balaban J connectivity index is 1.31. The Morgan fingerprint density at radius 1 is 1.23 bits per heavy atom. The second-order valence-corrected chi connectivity index (χ2v) is 8.67. The molecule has 0 radical (unpaired) electrons. The van der Waals surface area contributed by atoms with Crippen LogP contribution in [0.2, 0.25) is 0 Å². The Bertz CT molecular complexity index is 805. The molecule has 3 saturated heterocycles. The van der Waals surface area contributed by atoms with E-state index in [1.807, 2.05) is 12.3 Å². The number of thiophene rings is 1. The molecule has 2 aromatic rings. The van der Waals surface area contributed by atoms with Crippen LogP contribution in [0.4, 0.5) is 5.00 Å². The molecule has 0 saturated carbocycles. The third kappa shape index (κ3) is 3.19. The van der Waals surface area contributed by atoms with Crippen LogP contribution >= 0.6 is 11.3 Å². The number of hydrogen-bond acceptors (Lipinski definition) is 6. The number of fused-ring (bicyclic) bond motifs is 3. The zero-order chi connectivity index (χ0) is 17.5. The van der Waals surface area contributed by atoms with Gasteiger partial charge in [0.15, 0.2) is 0 Å². The van der Waals surface area contributed by atoms with Crippen LogP contribution in [-0.4, -0.2) is 67.8 Å². The van der Waals surface area contributed by atoms with Gasteiger partial charge >= 0.3 is 0 Å². The lowest BCUT2D eigenvalue weighted by Gasteiger charge is -2.30. The van der Waals surface area contributed by atoms with E-state index in [0.717, 1.165) is 55.3 Å². The second-order valence-electron chi connectivity index (χ2n) is 7.61. The summed E-state index contributed by atoms with van der Waals surface area (Å²) in [6, 6.07) is 4.37. The van der Waals surface area contributed by atoms with Crippen LogP contribution in [0.5, 0.6) is 0 Å². The molecule has 0 spiro atoms. The Morgan fingerprint density at radius 3 is 2.96 bits per heavy atom. The molecule has 138 valence electrons. The first-order chi connectivity index (χ1) is 12.7. The SMILES string of the molecule is O=C(NC1CC2CCN(C2)C1)c1cc2sc(N3CCOCC3)cc2cn1. The summed E-state index contributed by atoms with van der Waals surface area (Å²) in [6.45, 7) is 6.76. The lowest BCUT2D eigenvalue weighted by Crippen LogP contribution is -2.47. The quantitative estimate of drug-likeness (QED) is 0.893. The molecule has 5 rings (SSSR count). The highest BCUT2D eigenvalue weighted by Gasteiger charge is 2.33. The smallest absolute Gasteiger partial charge is 0.270 e. The van der Waals surface area contributed by atoms with Crippen LogP contribution in [0.15, 0.2) is 18.3 Å². The van der Waals surface area contributed by atoms with Gasteiger partial charge in [0.1, 0.15) is 5.69 Å². The fourth-order valence-corrected chi connectivity index (χ4v) is 5.53. The zero-order valence-corrected chi connectivity index (χ0v) is 15.6. The van der Waals surface area contributed by atoms with Gasteiger partial charge < -0.3 is 19.9 Å². The number of carbonyl (C=O) groups is 1. The van der Waals surface area contributed by atoms with E-state index in [2.05, 4.69) is 26.2 Å². The van der Waals surface area contributed by atoms with Gasteiger partial charge in [-0.1, -0.05) is 0 Å². The van der Waals surface area contributed by atoms with Crippen LogP contribution < -0.4 is 10.2 Å². The average molecular weight is 372 g/mol. The molecule has 0 aliphatic carbocycles. The van der Waals surface area contributed by atoms with Crippen LogP contribution in [-0.2, 0) is 4.74 Å². The van der Waals surface area contributed by atoms with E-state index < -0.39 is 0 Å². The van der Waals surface area contributed by atoms with Crippen LogP contribution in [0.25, 0.3) is 10.1 Å². The monoisotopic (exact) mass is 372 g/mol. The van der Waals surface area contributed by atoms with Crippen molar-refractivity contribution in [3.8, 4) is 0 Å². The summed E-state index contributed by atoms with van der Waals surface area (Å²) in [5.74, 6) is 0.707. The number of rotatable bonds is 3. The van der Waals surface area contributed by atoms with Crippen molar-refractivity contribution >= 4 is 32.3 Å². The molecule has 0 aromatic carbocycles. The number of carbonyl (C=O) groups excluding carboxylic acids is 1. The summed E-state index contributed by atoms with van der Waals surface area (Å²) in [6.07, 6.45) is 4.21. The Hall–Kier alpha value is -1.70. The average Bonchev–Trinajstić information content (AvgIpc) is 3.24. The highest BCUT2D eigenvalue weighted by atomic mass is 32.1. The van der Waals surface area contributed by atoms with Gasteiger partial charge in [-0.15, -0.1) is 11.3 Å². The molecule has 3 aliphatic heterocycles. The number of ether oxygens (including phenoxy) is 1. The maximum absolute atomic E-state index is 12.7. The van der Waals surface area contributed by atoms with Crippen molar-refractivity contribution in [3.05, 3.63) is 24.0 Å². The van der Waals surface area contributed by atoms with Crippen LogP contribution in [0.3, 0.4) is 0 Å². The lowest BCUT2D eigenvalue weighted by atomic mass is 9.97. The molecular formula is C19H24N4O2S. The number of nitrogens with zero attached hydrogens (tertiary/aromatic N) is 3. The van der Waals surface area contributed by atoms with E-state index >= 15 is 0 Å². The van der Waals surface area contributed by atoms with Crippen LogP contribution in [0, 0.1) is 5.92 Å². The molecule has 3 fully saturated rings. The Morgan fingerprint density at radius 2 is 2.12 bits per heavy atom. The maximum Gasteiger partial charge on any atom is 0.270 e. The molecule has 26 heavy (non-hydrogen) atoms. The molecule has 3 unspecified atom stereocenters. The summed E-state index contributed by atoms with van der Waals surface area (Å²) in [5, 5.41) is 5.55. The van der Waals surface area contributed by atoms with Crippen molar-refractivity contribution in [3.63, 3.8) is 0 Å². The van der Waals surface area contributed by atoms with Gasteiger partial charge in [-0.25, -0.2) is 0 Å². The lowest BCUT2D eigenvalue weighted by molar-refractivity contribution is 0.0904. The fourth-order valence-electron chi connectivity index (χ4n) is 4.41. The Labute approximate surface area is 157 Å². The molecule has 2 bridgehead atoms. The number of hydrogen-bond donors (Lipinski definition) is 1. The molecule has 6 nitrogen and oxygen atoms in total. The van der Waals surface area contributed by atoms with Crippen LogP contribution in [0.1, 0.15) is 23.3 Å². The summed E-state index contributed by atoms with van der Waals surface area (Å²) in [5.41, 5.74) is 0.529. The van der Waals surface area contributed by atoms with E-state index in [1.165, 1.54) is 24.5 Å². The topological polar surface area (TPSA) is 57.7 Å². The van der Waals surface area contributed by atoms with E-state index in [4.69, 9.17) is 4.74 Å². The van der Waals surface area contributed by atoms with Crippen molar-refractivity contribution in [2.24, 2.45) is 5.92 Å². The summed E-state index contributed by atoms with van der Waals surface area (Å²) in [4.78, 5) is 21.9. The number of aromatic nitrogens is 1. The van der Waals surface area contributed by atoms with E-state index in [-0.39, 0.29) is 11.9 Å². The summed E-state index contributed by atoms with van der Waals surface area (Å²) >= 11 is 1.73. The first-order valence-corrected chi connectivity index (χ1v) is 10.3. The standard InChI is InChI=1S/C19H24N4O2S/c24-19(21-15-7-13-1-2-22(11-13)12-15)16-9-17-14(10-20-16)8-18(26-17)23-3-5-25-6-4-23/h8-10,13,15H,1-7,11-12H2,(H,21,24). The van der Waals surface area contributed by atoms with Gasteiger partial charge in [-0.3, -0.25) is 9.78 Å². The summed E-state index contributed by atoms with van der Waals surface area (Å²) in [7, 11) is 0. The molecule has 5 heterocycles. The Kier molecular flexibility index (Phi) is 4.30. The minimum atomic E-state index is -0.0410. The highest BCUT2D eigenvalue weighted by Crippen LogP contribution is 2.33. The summed E-state index contributed by atoms with van der Waals surface area (Å²) < 4.78 is 6.56. The van der Waals surface area contributed by atoms with Gasteiger partial charge in [0, 0.05) is 48.5 Å².